The molecule has 0 spiro atoms. The predicted octanol–water partition coefficient (Wildman–Crippen LogP) is 2.35. The van der Waals surface area contributed by atoms with E-state index in [1.807, 2.05) is 0 Å². The third-order valence-electron chi connectivity index (χ3n) is 4.11. The van der Waals surface area contributed by atoms with Gasteiger partial charge in [0.05, 0.1) is 27.0 Å². The number of hydrogen-bond donors (Lipinski definition) is 0. The number of carbonyl (C=O) groups is 1. The van der Waals surface area contributed by atoms with Crippen molar-refractivity contribution in [3.05, 3.63) is 40.2 Å². The molecular formula is C17H18ClN3O4. The Hall–Kier alpha value is -2.54. The molecular weight excluding hydrogens is 346 g/mol. The highest BCUT2D eigenvalue weighted by Gasteiger charge is 2.25. The molecule has 1 amide bonds. The molecule has 1 aromatic carbocycles. The first kappa shape index (κ1) is 17.3. The normalized spacial score (nSPS) is 13.2. The first-order chi connectivity index (χ1) is 12.1. The summed E-state index contributed by atoms with van der Waals surface area (Å²) in [5.74, 6) is 1.21. The van der Waals surface area contributed by atoms with Gasteiger partial charge in [0.25, 0.3) is 5.91 Å². The van der Waals surface area contributed by atoms with E-state index in [4.69, 9.17) is 25.8 Å². The van der Waals surface area contributed by atoms with Crippen LogP contribution in [0.4, 0.5) is 0 Å². The van der Waals surface area contributed by atoms with Crippen LogP contribution in [-0.2, 0) is 13.0 Å². The number of methoxy groups -OCH3 is 3. The zero-order valence-corrected chi connectivity index (χ0v) is 15.0. The summed E-state index contributed by atoms with van der Waals surface area (Å²) in [6.45, 7) is 0.985. The third kappa shape index (κ3) is 3.32. The lowest BCUT2D eigenvalue weighted by Crippen LogP contribution is -2.36. The SMILES string of the molecule is COc1cc(C(=O)N2CCc3nnc(Cl)cc3C2)cc(OC)c1OC. The summed E-state index contributed by atoms with van der Waals surface area (Å²) >= 11 is 5.91. The number of hydrogen-bond acceptors (Lipinski definition) is 6. The number of ether oxygens (including phenoxy) is 3. The molecule has 3 rings (SSSR count). The van der Waals surface area contributed by atoms with Crippen molar-refractivity contribution in [1.29, 1.82) is 0 Å². The Morgan fingerprint density at radius 2 is 1.76 bits per heavy atom. The molecule has 2 aromatic rings. The van der Waals surface area contributed by atoms with Crippen molar-refractivity contribution in [3.63, 3.8) is 0 Å². The van der Waals surface area contributed by atoms with Crippen LogP contribution < -0.4 is 14.2 Å². The molecule has 0 fully saturated rings. The number of amides is 1. The summed E-state index contributed by atoms with van der Waals surface area (Å²) in [4.78, 5) is 14.7. The van der Waals surface area contributed by atoms with Crippen LogP contribution in [0.3, 0.4) is 0 Å². The maximum Gasteiger partial charge on any atom is 0.254 e. The average molecular weight is 364 g/mol. The maximum absolute atomic E-state index is 12.9. The monoisotopic (exact) mass is 363 g/mol. The molecule has 1 aliphatic rings. The second-order valence-electron chi connectivity index (χ2n) is 5.53. The highest BCUT2D eigenvalue weighted by molar-refractivity contribution is 6.29. The molecule has 0 N–H and O–H groups in total. The molecule has 7 nitrogen and oxygen atoms in total. The highest BCUT2D eigenvalue weighted by atomic mass is 35.5. The van der Waals surface area contributed by atoms with Gasteiger partial charge >= 0.3 is 0 Å². The van der Waals surface area contributed by atoms with Gasteiger partial charge in [0.1, 0.15) is 0 Å². The van der Waals surface area contributed by atoms with E-state index in [1.54, 1.807) is 23.1 Å². The van der Waals surface area contributed by atoms with E-state index >= 15 is 0 Å². The molecule has 0 unspecified atom stereocenters. The number of nitrogens with zero attached hydrogens (tertiary/aromatic N) is 3. The van der Waals surface area contributed by atoms with Crippen LogP contribution in [-0.4, -0.2) is 48.9 Å². The molecule has 0 saturated heterocycles. The van der Waals surface area contributed by atoms with Gasteiger partial charge in [-0.25, -0.2) is 0 Å². The van der Waals surface area contributed by atoms with E-state index in [0.717, 1.165) is 11.3 Å². The summed E-state index contributed by atoms with van der Waals surface area (Å²) in [5.41, 5.74) is 2.25. The number of aromatic nitrogens is 2. The Labute approximate surface area is 150 Å². The number of benzene rings is 1. The summed E-state index contributed by atoms with van der Waals surface area (Å²) in [6, 6.07) is 5.05. The average Bonchev–Trinajstić information content (AvgIpc) is 2.65. The fourth-order valence-corrected chi connectivity index (χ4v) is 3.03. The predicted molar refractivity (Wildman–Crippen MR) is 91.6 cm³/mol. The number of carbonyl (C=O) groups excluding carboxylic acids is 1. The van der Waals surface area contributed by atoms with Gasteiger partial charge in [0.15, 0.2) is 16.7 Å². The zero-order valence-electron chi connectivity index (χ0n) is 14.2. The molecule has 0 bridgehead atoms. The summed E-state index contributed by atoms with van der Waals surface area (Å²) in [7, 11) is 4.56. The van der Waals surface area contributed by atoms with Gasteiger partial charge in [-0.3, -0.25) is 4.79 Å². The fraction of sp³-hybridized carbons (Fsp3) is 0.353. The molecule has 132 valence electrons. The second kappa shape index (κ2) is 7.14. The Balaban J connectivity index is 1.91. The lowest BCUT2D eigenvalue weighted by Gasteiger charge is -2.28. The van der Waals surface area contributed by atoms with E-state index < -0.39 is 0 Å². The number of fused-ring (bicyclic) bond motifs is 1. The molecule has 1 aliphatic heterocycles. The van der Waals surface area contributed by atoms with Crippen LogP contribution in [0.1, 0.15) is 21.6 Å². The summed E-state index contributed by atoms with van der Waals surface area (Å²) in [6.07, 6.45) is 0.635. The molecule has 25 heavy (non-hydrogen) atoms. The van der Waals surface area contributed by atoms with E-state index in [1.165, 1.54) is 21.3 Å². The first-order valence-corrected chi connectivity index (χ1v) is 8.05. The minimum atomic E-state index is -0.127. The molecule has 0 radical (unpaired) electrons. The highest BCUT2D eigenvalue weighted by Crippen LogP contribution is 2.38. The lowest BCUT2D eigenvalue weighted by molar-refractivity contribution is 0.0732. The molecule has 0 saturated carbocycles. The fourth-order valence-electron chi connectivity index (χ4n) is 2.86. The van der Waals surface area contributed by atoms with Crippen LogP contribution in [0.25, 0.3) is 0 Å². The van der Waals surface area contributed by atoms with Crippen LogP contribution in [0.2, 0.25) is 5.15 Å². The standard InChI is InChI=1S/C17H18ClN3O4/c1-23-13-6-10(7-14(24-2)16(13)25-3)17(22)21-5-4-12-11(9-21)8-15(18)20-19-12/h6-8H,4-5,9H2,1-3H3. The summed E-state index contributed by atoms with van der Waals surface area (Å²) in [5, 5.41) is 8.26. The Bertz CT molecular complexity index is 787. The minimum Gasteiger partial charge on any atom is -0.493 e. The Morgan fingerprint density at radius 3 is 2.36 bits per heavy atom. The third-order valence-corrected chi connectivity index (χ3v) is 4.29. The first-order valence-electron chi connectivity index (χ1n) is 7.67. The second-order valence-corrected chi connectivity index (χ2v) is 5.92. The summed E-state index contributed by atoms with van der Waals surface area (Å²) < 4.78 is 15.9. The van der Waals surface area contributed by atoms with Gasteiger partial charge in [-0.05, 0) is 23.8 Å². The van der Waals surface area contributed by atoms with E-state index in [2.05, 4.69) is 10.2 Å². The zero-order chi connectivity index (χ0) is 18.0. The van der Waals surface area contributed by atoms with Gasteiger partial charge in [0.2, 0.25) is 5.75 Å². The number of halogens is 1. The Kier molecular flexibility index (Phi) is 4.94. The Morgan fingerprint density at radius 1 is 1.08 bits per heavy atom. The lowest BCUT2D eigenvalue weighted by atomic mass is 10.0. The molecule has 0 atom stereocenters. The van der Waals surface area contributed by atoms with Crippen molar-refractivity contribution in [2.75, 3.05) is 27.9 Å². The minimum absolute atomic E-state index is 0.127. The van der Waals surface area contributed by atoms with E-state index in [0.29, 0.717) is 47.5 Å². The largest absolute Gasteiger partial charge is 0.493 e. The van der Waals surface area contributed by atoms with Crippen LogP contribution >= 0.6 is 11.6 Å². The van der Waals surface area contributed by atoms with Crippen molar-refractivity contribution in [2.24, 2.45) is 0 Å². The topological polar surface area (TPSA) is 73.8 Å². The molecule has 1 aromatic heterocycles. The molecule has 0 aliphatic carbocycles. The van der Waals surface area contributed by atoms with Crippen molar-refractivity contribution < 1.29 is 19.0 Å². The van der Waals surface area contributed by atoms with Gasteiger partial charge < -0.3 is 19.1 Å². The van der Waals surface area contributed by atoms with Crippen LogP contribution in [0.5, 0.6) is 17.2 Å². The van der Waals surface area contributed by atoms with E-state index in [-0.39, 0.29) is 5.91 Å². The van der Waals surface area contributed by atoms with Crippen molar-refractivity contribution >= 4 is 17.5 Å². The van der Waals surface area contributed by atoms with Gasteiger partial charge in [-0.2, -0.15) is 5.10 Å². The van der Waals surface area contributed by atoms with Crippen molar-refractivity contribution in [1.82, 2.24) is 15.1 Å². The molecule has 2 heterocycles. The molecule has 8 heteroatoms. The van der Waals surface area contributed by atoms with Gasteiger partial charge in [-0.1, -0.05) is 11.6 Å². The van der Waals surface area contributed by atoms with Crippen molar-refractivity contribution in [3.8, 4) is 17.2 Å². The van der Waals surface area contributed by atoms with Crippen molar-refractivity contribution in [2.45, 2.75) is 13.0 Å². The van der Waals surface area contributed by atoms with Crippen LogP contribution in [0, 0.1) is 0 Å². The van der Waals surface area contributed by atoms with Gasteiger partial charge in [0, 0.05) is 25.1 Å². The van der Waals surface area contributed by atoms with E-state index in [9.17, 15) is 4.79 Å². The number of rotatable bonds is 4. The maximum atomic E-state index is 12.9. The van der Waals surface area contributed by atoms with Gasteiger partial charge in [-0.15, -0.1) is 5.10 Å². The smallest absolute Gasteiger partial charge is 0.254 e. The van der Waals surface area contributed by atoms with Crippen LogP contribution in [0.15, 0.2) is 18.2 Å². The quantitative estimate of drug-likeness (QED) is 0.830.